The second-order valence-electron chi connectivity index (χ2n) is 7.44. The molecule has 8 heteroatoms. The summed E-state index contributed by atoms with van der Waals surface area (Å²) in [5.74, 6) is -0.382. The van der Waals surface area contributed by atoms with Crippen molar-refractivity contribution in [2.45, 2.75) is 25.8 Å². The van der Waals surface area contributed by atoms with Crippen LogP contribution in [0.3, 0.4) is 0 Å². The summed E-state index contributed by atoms with van der Waals surface area (Å²) in [6, 6.07) is 12.3. The maximum Gasteiger partial charge on any atom is 0.253 e. The first-order valence-corrected chi connectivity index (χ1v) is 9.90. The van der Waals surface area contributed by atoms with Crippen molar-refractivity contribution in [2.24, 2.45) is 0 Å². The highest BCUT2D eigenvalue weighted by Crippen LogP contribution is 2.18. The Bertz CT molecular complexity index is 1100. The molecule has 3 N–H and O–H groups in total. The smallest absolute Gasteiger partial charge is 0.253 e. The summed E-state index contributed by atoms with van der Waals surface area (Å²) < 4.78 is 0. The summed E-state index contributed by atoms with van der Waals surface area (Å²) in [5.41, 5.74) is 3.38. The molecule has 0 bridgehead atoms. The number of aromatic nitrogens is 2. The molecule has 4 rings (SSSR count). The number of hydrogen-bond acceptors (Lipinski definition) is 4. The number of aromatic amines is 1. The van der Waals surface area contributed by atoms with E-state index < -0.39 is 0 Å². The van der Waals surface area contributed by atoms with Crippen LogP contribution in [0.5, 0.6) is 0 Å². The molecule has 1 fully saturated rings. The van der Waals surface area contributed by atoms with E-state index in [0.29, 0.717) is 42.7 Å². The number of imidazole rings is 1. The van der Waals surface area contributed by atoms with Crippen LogP contribution in [-0.4, -0.2) is 51.7 Å². The Kier molecular flexibility index (Phi) is 5.47. The second-order valence-corrected chi connectivity index (χ2v) is 7.44. The molecule has 0 atom stereocenters. The number of anilines is 1. The van der Waals surface area contributed by atoms with E-state index in [2.05, 4.69) is 20.6 Å². The highest BCUT2D eigenvalue weighted by Gasteiger charge is 2.25. The van der Waals surface area contributed by atoms with E-state index in [4.69, 9.17) is 0 Å². The Morgan fingerprint density at radius 3 is 2.63 bits per heavy atom. The predicted molar refractivity (Wildman–Crippen MR) is 113 cm³/mol. The van der Waals surface area contributed by atoms with E-state index in [1.54, 1.807) is 36.7 Å². The van der Waals surface area contributed by atoms with Crippen molar-refractivity contribution < 1.29 is 14.4 Å². The lowest BCUT2D eigenvalue weighted by Gasteiger charge is -2.32. The summed E-state index contributed by atoms with van der Waals surface area (Å²) >= 11 is 0. The van der Waals surface area contributed by atoms with E-state index in [9.17, 15) is 14.4 Å². The summed E-state index contributed by atoms with van der Waals surface area (Å²) in [7, 11) is 0. The molecule has 0 saturated carbocycles. The molecule has 1 aliphatic rings. The summed E-state index contributed by atoms with van der Waals surface area (Å²) in [4.78, 5) is 45.6. The van der Waals surface area contributed by atoms with E-state index in [1.165, 1.54) is 6.92 Å². The molecule has 1 saturated heterocycles. The highest BCUT2D eigenvalue weighted by atomic mass is 16.2. The molecular weight excluding hydrogens is 382 g/mol. The standard InChI is InChI=1S/C22H23N5O3/c1-14(28)25-18-4-2-3-15(11-18)21(29)26-17-7-9-27(10-8-17)22(30)16-5-6-19-20(12-16)24-13-23-19/h2-6,11-13,17H,7-10H2,1H3,(H,23,24)(H,25,28)(H,26,29). The molecule has 154 valence electrons. The van der Waals surface area contributed by atoms with E-state index in [0.717, 1.165) is 11.0 Å². The van der Waals surface area contributed by atoms with Gasteiger partial charge in [-0.3, -0.25) is 14.4 Å². The topological polar surface area (TPSA) is 107 Å². The maximum absolute atomic E-state index is 12.8. The molecular formula is C22H23N5O3. The van der Waals surface area contributed by atoms with Crippen LogP contribution in [0.25, 0.3) is 11.0 Å². The van der Waals surface area contributed by atoms with Gasteiger partial charge < -0.3 is 20.5 Å². The average molecular weight is 405 g/mol. The fourth-order valence-electron chi connectivity index (χ4n) is 3.69. The van der Waals surface area contributed by atoms with Gasteiger partial charge in [0.2, 0.25) is 5.91 Å². The first-order chi connectivity index (χ1) is 14.5. The van der Waals surface area contributed by atoms with Crippen LogP contribution in [0, 0.1) is 0 Å². The minimum Gasteiger partial charge on any atom is -0.349 e. The molecule has 30 heavy (non-hydrogen) atoms. The molecule has 2 heterocycles. The van der Waals surface area contributed by atoms with Gasteiger partial charge in [-0.05, 0) is 49.2 Å². The van der Waals surface area contributed by atoms with Crippen molar-refractivity contribution in [2.75, 3.05) is 18.4 Å². The molecule has 3 amide bonds. The molecule has 3 aromatic rings. The first-order valence-electron chi connectivity index (χ1n) is 9.90. The lowest BCUT2D eigenvalue weighted by molar-refractivity contribution is -0.114. The van der Waals surface area contributed by atoms with Crippen LogP contribution in [0.4, 0.5) is 5.69 Å². The van der Waals surface area contributed by atoms with Crippen LogP contribution in [-0.2, 0) is 4.79 Å². The van der Waals surface area contributed by atoms with E-state index in [-0.39, 0.29) is 23.8 Å². The first kappa shape index (κ1) is 19.6. The van der Waals surface area contributed by atoms with Gasteiger partial charge in [0.15, 0.2) is 0 Å². The SMILES string of the molecule is CC(=O)Nc1cccc(C(=O)NC2CCN(C(=O)c3ccc4nc[nH]c4c3)CC2)c1. The third-order valence-corrected chi connectivity index (χ3v) is 5.23. The van der Waals surface area contributed by atoms with Crippen LogP contribution in [0.2, 0.25) is 0 Å². The summed E-state index contributed by atoms with van der Waals surface area (Å²) in [6.45, 7) is 2.59. The van der Waals surface area contributed by atoms with E-state index >= 15 is 0 Å². The maximum atomic E-state index is 12.8. The Balaban J connectivity index is 1.33. The number of nitrogens with zero attached hydrogens (tertiary/aromatic N) is 2. The Labute approximate surface area is 173 Å². The molecule has 0 aliphatic carbocycles. The number of amides is 3. The zero-order valence-corrected chi connectivity index (χ0v) is 16.6. The number of fused-ring (bicyclic) bond motifs is 1. The lowest BCUT2D eigenvalue weighted by Crippen LogP contribution is -2.46. The fourth-order valence-corrected chi connectivity index (χ4v) is 3.69. The average Bonchev–Trinajstić information content (AvgIpc) is 3.21. The number of likely N-dealkylation sites (tertiary alicyclic amines) is 1. The number of hydrogen-bond donors (Lipinski definition) is 3. The molecule has 2 aromatic carbocycles. The Morgan fingerprint density at radius 1 is 1.07 bits per heavy atom. The van der Waals surface area contributed by atoms with Gasteiger partial charge in [0, 0.05) is 42.9 Å². The van der Waals surface area contributed by atoms with Gasteiger partial charge in [-0.15, -0.1) is 0 Å². The zero-order valence-electron chi connectivity index (χ0n) is 16.6. The van der Waals surface area contributed by atoms with Crippen LogP contribution < -0.4 is 10.6 Å². The number of benzene rings is 2. The number of H-pyrrole nitrogens is 1. The molecule has 1 aliphatic heterocycles. The molecule has 0 spiro atoms. The van der Waals surface area contributed by atoms with Crippen molar-refractivity contribution in [1.82, 2.24) is 20.2 Å². The highest BCUT2D eigenvalue weighted by molar-refractivity contribution is 5.98. The monoisotopic (exact) mass is 405 g/mol. The third kappa shape index (κ3) is 4.32. The van der Waals surface area contributed by atoms with Gasteiger partial charge in [-0.1, -0.05) is 6.07 Å². The minimum atomic E-state index is -0.184. The fraction of sp³-hybridized carbons (Fsp3) is 0.273. The summed E-state index contributed by atoms with van der Waals surface area (Å²) in [5, 5.41) is 5.71. The van der Waals surface area contributed by atoms with E-state index in [1.807, 2.05) is 17.0 Å². The van der Waals surface area contributed by atoms with Crippen molar-refractivity contribution in [3.63, 3.8) is 0 Å². The lowest BCUT2D eigenvalue weighted by atomic mass is 10.0. The van der Waals surface area contributed by atoms with Crippen LogP contribution >= 0.6 is 0 Å². The minimum absolute atomic E-state index is 0.000981. The third-order valence-electron chi connectivity index (χ3n) is 5.23. The van der Waals surface area contributed by atoms with Crippen molar-refractivity contribution in [1.29, 1.82) is 0 Å². The quantitative estimate of drug-likeness (QED) is 0.620. The van der Waals surface area contributed by atoms with Crippen molar-refractivity contribution >= 4 is 34.4 Å². The number of piperidine rings is 1. The van der Waals surface area contributed by atoms with Crippen molar-refractivity contribution in [3.05, 3.63) is 59.9 Å². The Hall–Kier alpha value is -3.68. The molecule has 0 radical (unpaired) electrons. The Morgan fingerprint density at radius 2 is 1.87 bits per heavy atom. The number of nitrogens with one attached hydrogen (secondary N) is 3. The number of rotatable bonds is 4. The largest absolute Gasteiger partial charge is 0.349 e. The van der Waals surface area contributed by atoms with Gasteiger partial charge in [0.1, 0.15) is 0 Å². The van der Waals surface area contributed by atoms with Crippen LogP contribution in [0.1, 0.15) is 40.5 Å². The predicted octanol–water partition coefficient (Wildman–Crippen LogP) is 2.56. The second kappa shape index (κ2) is 8.36. The molecule has 0 unspecified atom stereocenters. The van der Waals surface area contributed by atoms with Gasteiger partial charge in [-0.25, -0.2) is 4.98 Å². The van der Waals surface area contributed by atoms with Crippen molar-refractivity contribution in [3.8, 4) is 0 Å². The van der Waals surface area contributed by atoms with Gasteiger partial charge >= 0.3 is 0 Å². The number of carbonyl (C=O) groups excluding carboxylic acids is 3. The molecule has 8 nitrogen and oxygen atoms in total. The van der Waals surface area contributed by atoms with Gasteiger partial charge in [0.05, 0.1) is 17.4 Å². The summed E-state index contributed by atoms with van der Waals surface area (Å²) in [6.07, 6.45) is 2.99. The van der Waals surface area contributed by atoms with Gasteiger partial charge in [-0.2, -0.15) is 0 Å². The number of carbonyl (C=O) groups is 3. The molecule has 1 aromatic heterocycles. The normalized spacial score (nSPS) is 14.5. The van der Waals surface area contributed by atoms with Gasteiger partial charge in [0.25, 0.3) is 11.8 Å². The zero-order chi connectivity index (χ0) is 21.1. The van der Waals surface area contributed by atoms with Crippen LogP contribution in [0.15, 0.2) is 48.8 Å².